The predicted octanol–water partition coefficient (Wildman–Crippen LogP) is 4.49. The molecule has 0 aliphatic carbocycles. The fourth-order valence-corrected chi connectivity index (χ4v) is 1.78. The molecule has 0 heterocycles. The SMILES string of the molecule is CCOC(=O)/C=C/c1ccc(F)cc1C=C(Br)Br. The van der Waals surface area contributed by atoms with Gasteiger partial charge in [0, 0.05) is 6.08 Å². The van der Waals surface area contributed by atoms with E-state index in [0.717, 1.165) is 5.56 Å². The Morgan fingerprint density at radius 1 is 1.39 bits per heavy atom. The lowest BCUT2D eigenvalue weighted by molar-refractivity contribution is -0.137. The minimum absolute atomic E-state index is 0.326. The maximum Gasteiger partial charge on any atom is 0.330 e. The van der Waals surface area contributed by atoms with Crippen molar-refractivity contribution in [2.45, 2.75) is 6.92 Å². The van der Waals surface area contributed by atoms with Crippen molar-refractivity contribution in [2.75, 3.05) is 6.61 Å². The molecule has 96 valence electrons. The molecule has 0 spiro atoms. The first-order valence-electron chi connectivity index (χ1n) is 5.20. The highest BCUT2D eigenvalue weighted by atomic mass is 79.9. The number of carbonyl (C=O) groups excluding carboxylic acids is 1. The van der Waals surface area contributed by atoms with E-state index in [4.69, 9.17) is 4.74 Å². The molecule has 1 aromatic rings. The van der Waals surface area contributed by atoms with Crippen molar-refractivity contribution in [3.05, 3.63) is 44.6 Å². The molecule has 0 aromatic heterocycles. The Labute approximate surface area is 122 Å². The number of benzene rings is 1. The van der Waals surface area contributed by atoms with Crippen LogP contribution in [0.5, 0.6) is 0 Å². The second kappa shape index (κ2) is 7.48. The number of hydrogen-bond acceptors (Lipinski definition) is 2. The highest BCUT2D eigenvalue weighted by Crippen LogP contribution is 2.22. The number of rotatable bonds is 4. The van der Waals surface area contributed by atoms with Gasteiger partial charge >= 0.3 is 5.97 Å². The molecule has 0 aliphatic rings. The number of hydrogen-bond donors (Lipinski definition) is 0. The van der Waals surface area contributed by atoms with Gasteiger partial charge in [-0.15, -0.1) is 0 Å². The Morgan fingerprint density at radius 2 is 2.11 bits per heavy atom. The summed E-state index contributed by atoms with van der Waals surface area (Å²) in [5.74, 6) is -0.759. The van der Waals surface area contributed by atoms with Crippen LogP contribution in [0.4, 0.5) is 4.39 Å². The summed E-state index contributed by atoms with van der Waals surface area (Å²) < 4.78 is 18.6. The molecular weight excluding hydrogens is 367 g/mol. The fraction of sp³-hybridized carbons (Fsp3) is 0.154. The fourth-order valence-electron chi connectivity index (χ4n) is 1.29. The van der Waals surface area contributed by atoms with Crippen LogP contribution < -0.4 is 0 Å². The van der Waals surface area contributed by atoms with Crippen molar-refractivity contribution < 1.29 is 13.9 Å². The molecule has 0 aliphatic heterocycles. The molecule has 0 amide bonds. The van der Waals surface area contributed by atoms with Gasteiger partial charge in [-0.25, -0.2) is 9.18 Å². The van der Waals surface area contributed by atoms with E-state index in [1.807, 2.05) is 0 Å². The van der Waals surface area contributed by atoms with Crippen LogP contribution in [0.1, 0.15) is 18.1 Å². The summed E-state index contributed by atoms with van der Waals surface area (Å²) in [7, 11) is 0. The van der Waals surface area contributed by atoms with E-state index in [1.165, 1.54) is 18.2 Å². The lowest BCUT2D eigenvalue weighted by Crippen LogP contribution is -1.98. The first-order chi connectivity index (χ1) is 8.52. The van der Waals surface area contributed by atoms with Crippen molar-refractivity contribution in [1.29, 1.82) is 0 Å². The zero-order chi connectivity index (χ0) is 13.5. The zero-order valence-electron chi connectivity index (χ0n) is 9.62. The van der Waals surface area contributed by atoms with Crippen LogP contribution >= 0.6 is 31.9 Å². The van der Waals surface area contributed by atoms with Gasteiger partial charge in [-0.2, -0.15) is 0 Å². The molecule has 0 unspecified atom stereocenters. The molecule has 1 aromatic carbocycles. The van der Waals surface area contributed by atoms with Gasteiger partial charge in [0.15, 0.2) is 0 Å². The van der Waals surface area contributed by atoms with E-state index in [2.05, 4.69) is 31.9 Å². The van der Waals surface area contributed by atoms with E-state index in [9.17, 15) is 9.18 Å². The molecule has 0 atom stereocenters. The molecule has 0 bridgehead atoms. The summed E-state index contributed by atoms with van der Waals surface area (Å²) in [6.45, 7) is 2.06. The van der Waals surface area contributed by atoms with E-state index in [-0.39, 0.29) is 5.82 Å². The van der Waals surface area contributed by atoms with Crippen LogP contribution in [0.3, 0.4) is 0 Å². The molecule has 0 fully saturated rings. The van der Waals surface area contributed by atoms with Gasteiger partial charge in [-0.3, -0.25) is 0 Å². The summed E-state index contributed by atoms with van der Waals surface area (Å²) in [5.41, 5.74) is 1.38. The molecule has 0 saturated heterocycles. The van der Waals surface area contributed by atoms with Gasteiger partial charge in [0.25, 0.3) is 0 Å². The van der Waals surface area contributed by atoms with Crippen molar-refractivity contribution in [1.82, 2.24) is 0 Å². The minimum atomic E-state index is -0.422. The van der Waals surface area contributed by atoms with Crippen LogP contribution in [0.2, 0.25) is 0 Å². The third-order valence-electron chi connectivity index (χ3n) is 2.00. The molecule has 5 heteroatoms. The Hall–Kier alpha value is -0.940. The smallest absolute Gasteiger partial charge is 0.330 e. The third-order valence-corrected chi connectivity index (χ3v) is 2.46. The number of carbonyl (C=O) groups is 1. The van der Waals surface area contributed by atoms with Gasteiger partial charge in [0.05, 0.1) is 10.00 Å². The molecule has 2 nitrogen and oxygen atoms in total. The average Bonchev–Trinajstić information content (AvgIpc) is 2.27. The lowest BCUT2D eigenvalue weighted by atomic mass is 10.1. The average molecular weight is 378 g/mol. The van der Waals surface area contributed by atoms with E-state index < -0.39 is 5.97 Å². The predicted molar refractivity (Wildman–Crippen MR) is 77.9 cm³/mol. The summed E-state index contributed by atoms with van der Waals surface area (Å²) >= 11 is 6.43. The highest BCUT2D eigenvalue weighted by molar-refractivity contribution is 9.28. The van der Waals surface area contributed by atoms with Gasteiger partial charge in [-0.1, -0.05) is 6.07 Å². The Kier molecular flexibility index (Phi) is 6.29. The van der Waals surface area contributed by atoms with Gasteiger partial charge in [-0.05, 0) is 74.2 Å². The number of halogens is 3. The standard InChI is InChI=1S/C13H11Br2FO2/c1-2-18-13(17)6-4-9-3-5-11(16)7-10(9)8-12(14)15/h3-8H,2H2,1H3/b6-4+. The number of esters is 1. The lowest BCUT2D eigenvalue weighted by Gasteiger charge is -2.02. The maximum atomic E-state index is 13.1. The quantitative estimate of drug-likeness (QED) is 0.570. The Bertz CT molecular complexity index is 492. The largest absolute Gasteiger partial charge is 0.463 e. The van der Waals surface area contributed by atoms with Crippen LogP contribution in [-0.4, -0.2) is 12.6 Å². The van der Waals surface area contributed by atoms with E-state index in [0.29, 0.717) is 15.6 Å². The third kappa shape index (κ3) is 5.14. The number of ether oxygens (including phenoxy) is 1. The molecule has 18 heavy (non-hydrogen) atoms. The molecule has 0 N–H and O–H groups in total. The maximum absolute atomic E-state index is 13.1. The van der Waals surface area contributed by atoms with Crippen molar-refractivity contribution >= 4 is 50.0 Å². The van der Waals surface area contributed by atoms with Gasteiger partial charge in [0.2, 0.25) is 0 Å². The highest BCUT2D eigenvalue weighted by Gasteiger charge is 2.01. The molecule has 1 rings (SSSR count). The summed E-state index contributed by atoms with van der Waals surface area (Å²) in [4.78, 5) is 11.2. The summed E-state index contributed by atoms with van der Waals surface area (Å²) in [5, 5.41) is 0. The van der Waals surface area contributed by atoms with E-state index in [1.54, 1.807) is 25.1 Å². The topological polar surface area (TPSA) is 26.3 Å². The zero-order valence-corrected chi connectivity index (χ0v) is 12.8. The van der Waals surface area contributed by atoms with Crippen molar-refractivity contribution in [3.8, 4) is 0 Å². The normalized spacial score (nSPS) is 10.4. The monoisotopic (exact) mass is 376 g/mol. The second-order valence-electron chi connectivity index (χ2n) is 3.29. The molecular formula is C13H11Br2FO2. The first-order valence-corrected chi connectivity index (χ1v) is 6.78. The first kappa shape index (κ1) is 15.1. The molecule has 0 saturated carbocycles. The summed E-state index contributed by atoms with van der Waals surface area (Å²) in [6, 6.07) is 4.32. The van der Waals surface area contributed by atoms with Crippen molar-refractivity contribution in [2.24, 2.45) is 0 Å². The van der Waals surface area contributed by atoms with Crippen molar-refractivity contribution in [3.63, 3.8) is 0 Å². The summed E-state index contributed by atoms with van der Waals surface area (Å²) in [6.07, 6.45) is 4.61. The van der Waals surface area contributed by atoms with Crippen LogP contribution in [-0.2, 0) is 9.53 Å². The Balaban J connectivity index is 3.01. The van der Waals surface area contributed by atoms with Crippen LogP contribution in [0, 0.1) is 5.82 Å². The van der Waals surface area contributed by atoms with E-state index >= 15 is 0 Å². The minimum Gasteiger partial charge on any atom is -0.463 e. The Morgan fingerprint density at radius 3 is 2.72 bits per heavy atom. The van der Waals surface area contributed by atoms with Crippen LogP contribution in [0.15, 0.2) is 27.7 Å². The second-order valence-corrected chi connectivity index (χ2v) is 6.07. The molecule has 0 radical (unpaired) electrons. The van der Waals surface area contributed by atoms with Gasteiger partial charge < -0.3 is 4.74 Å². The van der Waals surface area contributed by atoms with Crippen LogP contribution in [0.25, 0.3) is 12.2 Å². The van der Waals surface area contributed by atoms with Gasteiger partial charge in [0.1, 0.15) is 5.82 Å².